The van der Waals surface area contributed by atoms with Crippen molar-refractivity contribution in [2.24, 2.45) is 0 Å². The van der Waals surface area contributed by atoms with Gasteiger partial charge in [-0.25, -0.2) is 8.42 Å². The van der Waals surface area contributed by atoms with Crippen molar-refractivity contribution < 1.29 is 8.42 Å². The molecule has 1 aliphatic rings. The lowest BCUT2D eigenvalue weighted by molar-refractivity contribution is 0.441. The lowest BCUT2D eigenvalue weighted by atomic mass is 10.2. The number of sulfonamides is 1. The number of hydrogen-bond acceptors (Lipinski definition) is 3. The summed E-state index contributed by atoms with van der Waals surface area (Å²) in [6.45, 7) is 7.35. The summed E-state index contributed by atoms with van der Waals surface area (Å²) in [5.74, 6) is 0. The van der Waals surface area contributed by atoms with Gasteiger partial charge in [-0.2, -0.15) is 4.31 Å². The monoisotopic (exact) mass is 280 g/mol. The number of fused-ring (bicyclic) bond motifs is 1. The van der Waals surface area contributed by atoms with Gasteiger partial charge in [0.1, 0.15) is 0 Å². The maximum Gasteiger partial charge on any atom is 0.243 e. The molecule has 1 N–H and O–H groups in total. The van der Waals surface area contributed by atoms with Crippen LogP contribution < -0.4 is 5.32 Å². The van der Waals surface area contributed by atoms with Gasteiger partial charge in [0.2, 0.25) is 10.0 Å². The van der Waals surface area contributed by atoms with Gasteiger partial charge in [0.15, 0.2) is 0 Å². The molecule has 5 heteroatoms. The van der Waals surface area contributed by atoms with Crippen molar-refractivity contribution in [1.82, 2.24) is 4.31 Å². The van der Waals surface area contributed by atoms with Gasteiger partial charge in [0, 0.05) is 25.3 Å². The number of anilines is 1. The highest BCUT2D eigenvalue weighted by atomic mass is 32.2. The van der Waals surface area contributed by atoms with Crippen LogP contribution in [0.1, 0.15) is 18.9 Å². The Hall–Kier alpha value is -1.33. The van der Waals surface area contributed by atoms with Gasteiger partial charge in [0.05, 0.1) is 4.90 Å². The van der Waals surface area contributed by atoms with Crippen molar-refractivity contribution >= 4 is 15.7 Å². The zero-order valence-corrected chi connectivity index (χ0v) is 12.0. The minimum atomic E-state index is -3.41. The second kappa shape index (κ2) is 5.75. The Labute approximate surface area is 115 Å². The molecule has 0 spiro atoms. The number of rotatable bonds is 6. The normalized spacial score (nSPS) is 14.2. The molecule has 0 saturated heterocycles. The Morgan fingerprint density at radius 2 is 2.26 bits per heavy atom. The summed E-state index contributed by atoms with van der Waals surface area (Å²) >= 11 is 0. The minimum Gasteiger partial charge on any atom is -0.384 e. The van der Waals surface area contributed by atoms with Gasteiger partial charge in [-0.15, -0.1) is 6.58 Å². The molecular formula is C14H20N2O2S. The second-order valence-corrected chi connectivity index (χ2v) is 6.59. The smallest absolute Gasteiger partial charge is 0.243 e. The zero-order valence-electron chi connectivity index (χ0n) is 11.2. The fourth-order valence-electron chi connectivity index (χ4n) is 2.29. The van der Waals surface area contributed by atoms with Crippen molar-refractivity contribution in [3.05, 3.63) is 36.4 Å². The third kappa shape index (κ3) is 2.82. The second-order valence-electron chi connectivity index (χ2n) is 4.65. The van der Waals surface area contributed by atoms with Gasteiger partial charge in [-0.3, -0.25) is 0 Å². The summed E-state index contributed by atoms with van der Waals surface area (Å²) in [7, 11) is -3.41. The lowest BCUT2D eigenvalue weighted by Crippen LogP contribution is -2.32. The average Bonchev–Trinajstić information content (AvgIpc) is 2.85. The predicted molar refractivity (Wildman–Crippen MR) is 77.9 cm³/mol. The molecule has 104 valence electrons. The Morgan fingerprint density at radius 1 is 1.47 bits per heavy atom. The van der Waals surface area contributed by atoms with Gasteiger partial charge in [0.25, 0.3) is 0 Å². The molecular weight excluding hydrogens is 260 g/mol. The van der Waals surface area contributed by atoms with Crippen LogP contribution in [-0.4, -0.2) is 32.4 Å². The quantitative estimate of drug-likeness (QED) is 0.813. The van der Waals surface area contributed by atoms with Gasteiger partial charge in [-0.1, -0.05) is 13.0 Å². The zero-order chi connectivity index (χ0) is 13.9. The molecule has 1 aliphatic heterocycles. The maximum atomic E-state index is 12.6. The van der Waals surface area contributed by atoms with Crippen LogP contribution in [-0.2, 0) is 16.4 Å². The van der Waals surface area contributed by atoms with E-state index < -0.39 is 10.0 Å². The molecule has 2 rings (SSSR count). The lowest BCUT2D eigenvalue weighted by Gasteiger charge is -2.20. The summed E-state index contributed by atoms with van der Waals surface area (Å²) in [5.41, 5.74) is 2.13. The van der Waals surface area contributed by atoms with Crippen molar-refractivity contribution in [1.29, 1.82) is 0 Å². The fraction of sp³-hybridized carbons (Fsp3) is 0.429. The third-order valence-electron chi connectivity index (χ3n) is 3.23. The molecule has 0 aromatic heterocycles. The highest BCUT2D eigenvalue weighted by Gasteiger charge is 2.24. The molecule has 19 heavy (non-hydrogen) atoms. The Morgan fingerprint density at radius 3 is 2.95 bits per heavy atom. The molecule has 0 amide bonds. The van der Waals surface area contributed by atoms with E-state index in [0.29, 0.717) is 18.0 Å². The van der Waals surface area contributed by atoms with Crippen LogP contribution in [0.15, 0.2) is 35.7 Å². The van der Waals surface area contributed by atoms with E-state index in [9.17, 15) is 8.42 Å². The summed E-state index contributed by atoms with van der Waals surface area (Å²) < 4.78 is 26.6. The first-order valence-corrected chi connectivity index (χ1v) is 8.01. The van der Waals surface area contributed by atoms with E-state index in [1.54, 1.807) is 18.2 Å². The molecule has 0 fully saturated rings. The van der Waals surface area contributed by atoms with E-state index in [0.717, 1.165) is 30.6 Å². The number of hydrogen-bond donors (Lipinski definition) is 1. The van der Waals surface area contributed by atoms with E-state index in [2.05, 4.69) is 11.9 Å². The Kier molecular flexibility index (Phi) is 4.27. The van der Waals surface area contributed by atoms with E-state index >= 15 is 0 Å². The van der Waals surface area contributed by atoms with E-state index in [-0.39, 0.29) is 0 Å². The van der Waals surface area contributed by atoms with Crippen molar-refractivity contribution in [2.45, 2.75) is 24.7 Å². The van der Waals surface area contributed by atoms with E-state index in [4.69, 9.17) is 0 Å². The van der Waals surface area contributed by atoms with Crippen LogP contribution in [0.5, 0.6) is 0 Å². The summed E-state index contributed by atoms with van der Waals surface area (Å²) in [6, 6.07) is 5.32. The first-order chi connectivity index (χ1) is 9.09. The summed E-state index contributed by atoms with van der Waals surface area (Å²) in [5, 5.41) is 3.23. The first kappa shape index (κ1) is 14.1. The fourth-order valence-corrected chi connectivity index (χ4v) is 3.85. The standard InChI is InChI=1S/C14H20N2O2S/c1-3-9-16(10-4-2)19(17,18)13-5-6-14-12(11-13)7-8-15-14/h3,5-6,11,15H,1,4,7-10H2,2H3. The van der Waals surface area contributed by atoms with Crippen molar-refractivity contribution in [2.75, 3.05) is 25.0 Å². The third-order valence-corrected chi connectivity index (χ3v) is 5.09. The minimum absolute atomic E-state index is 0.353. The molecule has 1 heterocycles. The molecule has 0 unspecified atom stereocenters. The number of nitrogens with one attached hydrogen (secondary N) is 1. The van der Waals surface area contributed by atoms with Crippen molar-refractivity contribution in [3.63, 3.8) is 0 Å². The average molecular weight is 280 g/mol. The van der Waals surface area contributed by atoms with Crippen LogP contribution >= 0.6 is 0 Å². The molecule has 4 nitrogen and oxygen atoms in total. The number of nitrogens with zero attached hydrogens (tertiary/aromatic N) is 1. The summed E-state index contributed by atoms with van der Waals surface area (Å²) in [6.07, 6.45) is 3.30. The molecule has 1 aromatic carbocycles. The molecule has 0 radical (unpaired) electrons. The van der Waals surface area contributed by atoms with Gasteiger partial charge in [-0.05, 0) is 36.6 Å². The largest absolute Gasteiger partial charge is 0.384 e. The predicted octanol–water partition coefficient (Wildman–Crippen LogP) is 2.24. The SMILES string of the molecule is C=CCN(CCC)S(=O)(=O)c1ccc2c(c1)CCN2. The van der Waals surface area contributed by atoms with Gasteiger partial charge >= 0.3 is 0 Å². The van der Waals surface area contributed by atoms with Crippen LogP contribution in [0, 0.1) is 0 Å². The van der Waals surface area contributed by atoms with Crippen LogP contribution in [0.25, 0.3) is 0 Å². The van der Waals surface area contributed by atoms with E-state index in [1.807, 2.05) is 13.0 Å². The molecule has 0 bridgehead atoms. The Bertz CT molecular complexity index is 567. The summed E-state index contributed by atoms with van der Waals surface area (Å²) in [4.78, 5) is 0.380. The molecule has 1 aromatic rings. The maximum absolute atomic E-state index is 12.6. The van der Waals surface area contributed by atoms with Crippen LogP contribution in [0.2, 0.25) is 0 Å². The molecule has 0 atom stereocenters. The highest BCUT2D eigenvalue weighted by molar-refractivity contribution is 7.89. The van der Waals surface area contributed by atoms with Crippen molar-refractivity contribution in [3.8, 4) is 0 Å². The highest BCUT2D eigenvalue weighted by Crippen LogP contribution is 2.26. The Balaban J connectivity index is 2.34. The number of benzene rings is 1. The molecule has 0 saturated carbocycles. The van der Waals surface area contributed by atoms with Crippen LogP contribution in [0.4, 0.5) is 5.69 Å². The first-order valence-electron chi connectivity index (χ1n) is 6.57. The molecule has 0 aliphatic carbocycles. The topological polar surface area (TPSA) is 49.4 Å². The van der Waals surface area contributed by atoms with E-state index in [1.165, 1.54) is 4.31 Å². The van der Waals surface area contributed by atoms with Crippen LogP contribution in [0.3, 0.4) is 0 Å². The van der Waals surface area contributed by atoms with Gasteiger partial charge < -0.3 is 5.32 Å².